The highest BCUT2D eigenvalue weighted by Gasteiger charge is 2.31. The van der Waals surface area contributed by atoms with Gasteiger partial charge < -0.3 is 19.3 Å². The number of benzene rings is 1. The third-order valence-corrected chi connectivity index (χ3v) is 4.43. The van der Waals surface area contributed by atoms with Gasteiger partial charge in [-0.3, -0.25) is 9.59 Å². The molecule has 2 aliphatic rings. The zero-order chi connectivity index (χ0) is 17.1. The van der Waals surface area contributed by atoms with Gasteiger partial charge in [-0.25, -0.2) is 4.39 Å². The van der Waals surface area contributed by atoms with Gasteiger partial charge in [-0.1, -0.05) is 0 Å². The van der Waals surface area contributed by atoms with Crippen LogP contribution in [0.15, 0.2) is 18.2 Å². The Morgan fingerprint density at radius 2 is 2.21 bits per heavy atom. The van der Waals surface area contributed by atoms with Crippen molar-refractivity contribution in [3.05, 3.63) is 24.0 Å². The molecule has 0 N–H and O–H groups in total. The summed E-state index contributed by atoms with van der Waals surface area (Å²) in [4.78, 5) is 28.2. The standard InChI is InChI=1S/C17H21FN2O4/c1-23-15-4-2-3-7-19(17(15)22)11-16(21)20-8-9-24-14-6-5-12(18)10-13(14)20/h5-6,10,15H,2-4,7-9,11H2,1H3. The van der Waals surface area contributed by atoms with Gasteiger partial charge in [-0.15, -0.1) is 0 Å². The van der Waals surface area contributed by atoms with Crippen LogP contribution in [0.1, 0.15) is 19.3 Å². The molecule has 0 aliphatic carbocycles. The van der Waals surface area contributed by atoms with Crippen LogP contribution in [-0.4, -0.2) is 56.2 Å². The Morgan fingerprint density at radius 3 is 3.00 bits per heavy atom. The monoisotopic (exact) mass is 336 g/mol. The maximum atomic E-state index is 13.5. The molecule has 1 fully saturated rings. The first-order valence-corrected chi connectivity index (χ1v) is 8.14. The van der Waals surface area contributed by atoms with Crippen LogP contribution in [0, 0.1) is 5.82 Å². The minimum atomic E-state index is -0.491. The summed E-state index contributed by atoms with van der Waals surface area (Å²) in [5, 5.41) is 0. The number of hydrogen-bond acceptors (Lipinski definition) is 4. The Bertz CT molecular complexity index is 637. The first-order valence-electron chi connectivity index (χ1n) is 8.14. The van der Waals surface area contributed by atoms with Crippen molar-refractivity contribution in [1.29, 1.82) is 0 Å². The van der Waals surface area contributed by atoms with Crippen LogP contribution in [0.5, 0.6) is 5.75 Å². The molecule has 0 bridgehead atoms. The van der Waals surface area contributed by atoms with Gasteiger partial charge >= 0.3 is 0 Å². The first kappa shape index (κ1) is 16.7. The summed E-state index contributed by atoms with van der Waals surface area (Å²) in [6, 6.07) is 4.10. The van der Waals surface area contributed by atoms with E-state index in [1.54, 1.807) is 0 Å². The molecule has 6 nitrogen and oxygen atoms in total. The van der Waals surface area contributed by atoms with Crippen LogP contribution in [0.2, 0.25) is 0 Å². The summed E-state index contributed by atoms with van der Waals surface area (Å²) in [7, 11) is 1.51. The topological polar surface area (TPSA) is 59.1 Å². The Morgan fingerprint density at radius 1 is 1.38 bits per heavy atom. The molecule has 1 atom stereocenters. The van der Waals surface area contributed by atoms with Crippen LogP contribution in [0.4, 0.5) is 10.1 Å². The Hall–Kier alpha value is -2.15. The molecule has 0 saturated carbocycles. The summed E-state index contributed by atoms with van der Waals surface area (Å²) in [5.41, 5.74) is 0.414. The van der Waals surface area contributed by atoms with E-state index in [0.29, 0.717) is 37.6 Å². The highest BCUT2D eigenvalue weighted by Crippen LogP contribution is 2.32. The minimum Gasteiger partial charge on any atom is -0.490 e. The second-order valence-electron chi connectivity index (χ2n) is 5.99. The van der Waals surface area contributed by atoms with Crippen LogP contribution >= 0.6 is 0 Å². The zero-order valence-corrected chi connectivity index (χ0v) is 13.7. The Labute approximate surface area is 140 Å². The molecule has 130 valence electrons. The average molecular weight is 336 g/mol. The SMILES string of the molecule is COC1CCCCN(CC(=O)N2CCOc3ccc(F)cc32)C1=O. The number of likely N-dealkylation sites (tertiary alicyclic amines) is 1. The molecule has 2 heterocycles. The molecule has 3 rings (SSSR count). The molecular weight excluding hydrogens is 315 g/mol. The van der Waals surface area contributed by atoms with Crippen molar-refractivity contribution in [1.82, 2.24) is 4.90 Å². The quantitative estimate of drug-likeness (QED) is 0.841. The van der Waals surface area contributed by atoms with Crippen molar-refractivity contribution in [2.24, 2.45) is 0 Å². The van der Waals surface area contributed by atoms with E-state index >= 15 is 0 Å². The minimum absolute atomic E-state index is 0.0331. The summed E-state index contributed by atoms with van der Waals surface area (Å²) in [5.74, 6) is -0.346. The van der Waals surface area contributed by atoms with E-state index in [9.17, 15) is 14.0 Å². The lowest BCUT2D eigenvalue weighted by Crippen LogP contribution is -2.48. The molecule has 0 spiro atoms. The number of amides is 2. The lowest BCUT2D eigenvalue weighted by molar-refractivity contribution is -0.143. The third-order valence-electron chi connectivity index (χ3n) is 4.43. The molecule has 1 saturated heterocycles. The summed E-state index contributed by atoms with van der Waals surface area (Å²) < 4.78 is 24.2. The van der Waals surface area contributed by atoms with Crippen LogP contribution < -0.4 is 9.64 Å². The van der Waals surface area contributed by atoms with E-state index in [4.69, 9.17) is 9.47 Å². The van der Waals surface area contributed by atoms with Gasteiger partial charge in [0.05, 0.1) is 12.2 Å². The number of rotatable bonds is 3. The van der Waals surface area contributed by atoms with Crippen molar-refractivity contribution in [3.63, 3.8) is 0 Å². The molecule has 1 unspecified atom stereocenters. The molecule has 0 aromatic heterocycles. The average Bonchev–Trinajstić information content (AvgIpc) is 2.76. The lowest BCUT2D eigenvalue weighted by Gasteiger charge is -2.32. The van der Waals surface area contributed by atoms with Crippen LogP contribution in [0.25, 0.3) is 0 Å². The van der Waals surface area contributed by atoms with Gasteiger partial charge in [0, 0.05) is 19.7 Å². The van der Waals surface area contributed by atoms with Gasteiger partial charge in [0.25, 0.3) is 5.91 Å². The second kappa shape index (κ2) is 7.17. The predicted molar refractivity (Wildman–Crippen MR) is 85.5 cm³/mol. The molecule has 0 radical (unpaired) electrons. The largest absolute Gasteiger partial charge is 0.490 e. The maximum Gasteiger partial charge on any atom is 0.252 e. The van der Waals surface area contributed by atoms with Gasteiger partial charge in [-0.05, 0) is 31.4 Å². The number of hydrogen-bond donors (Lipinski definition) is 0. The fourth-order valence-corrected chi connectivity index (χ4v) is 3.14. The smallest absolute Gasteiger partial charge is 0.252 e. The number of nitrogens with zero attached hydrogens (tertiary/aromatic N) is 2. The van der Waals surface area contributed by atoms with E-state index in [2.05, 4.69) is 0 Å². The highest BCUT2D eigenvalue weighted by atomic mass is 19.1. The number of anilines is 1. The van der Waals surface area contributed by atoms with E-state index < -0.39 is 11.9 Å². The van der Waals surface area contributed by atoms with Crippen molar-refractivity contribution < 1.29 is 23.5 Å². The first-order chi connectivity index (χ1) is 11.6. The third kappa shape index (κ3) is 3.36. The van der Waals surface area contributed by atoms with Gasteiger partial charge in [-0.2, -0.15) is 0 Å². The number of halogens is 1. The van der Waals surface area contributed by atoms with Crippen molar-refractivity contribution in [2.45, 2.75) is 25.4 Å². The highest BCUT2D eigenvalue weighted by molar-refractivity contribution is 5.98. The van der Waals surface area contributed by atoms with E-state index in [0.717, 1.165) is 12.8 Å². The molecule has 2 aliphatic heterocycles. The van der Waals surface area contributed by atoms with E-state index in [1.807, 2.05) is 0 Å². The van der Waals surface area contributed by atoms with Crippen LogP contribution in [-0.2, 0) is 14.3 Å². The fraction of sp³-hybridized carbons (Fsp3) is 0.529. The predicted octanol–water partition coefficient (Wildman–Crippen LogP) is 1.58. The maximum absolute atomic E-state index is 13.5. The van der Waals surface area contributed by atoms with E-state index in [-0.39, 0.29) is 18.4 Å². The number of fused-ring (bicyclic) bond motifs is 1. The van der Waals surface area contributed by atoms with Crippen molar-refractivity contribution in [2.75, 3.05) is 38.3 Å². The molecule has 1 aromatic rings. The summed E-state index contributed by atoms with van der Waals surface area (Å²) in [6.07, 6.45) is 1.91. The molecule has 24 heavy (non-hydrogen) atoms. The second-order valence-corrected chi connectivity index (χ2v) is 5.99. The molecule has 1 aromatic carbocycles. The van der Waals surface area contributed by atoms with Gasteiger partial charge in [0.1, 0.15) is 30.8 Å². The van der Waals surface area contributed by atoms with Gasteiger partial charge in [0.15, 0.2) is 0 Å². The molecular formula is C17H21FN2O4. The number of carbonyl (C=O) groups excluding carboxylic acids is 2. The zero-order valence-electron chi connectivity index (χ0n) is 13.7. The Balaban J connectivity index is 1.76. The van der Waals surface area contributed by atoms with Crippen LogP contribution in [0.3, 0.4) is 0 Å². The number of methoxy groups -OCH3 is 1. The summed E-state index contributed by atoms with van der Waals surface area (Å²) in [6.45, 7) is 1.18. The summed E-state index contributed by atoms with van der Waals surface area (Å²) >= 11 is 0. The normalized spacial score (nSPS) is 21.1. The lowest BCUT2D eigenvalue weighted by atomic mass is 10.2. The number of carbonyl (C=O) groups is 2. The fourth-order valence-electron chi connectivity index (χ4n) is 3.14. The Kier molecular flexibility index (Phi) is 4.99. The van der Waals surface area contributed by atoms with E-state index in [1.165, 1.54) is 35.1 Å². The van der Waals surface area contributed by atoms with Crippen molar-refractivity contribution in [3.8, 4) is 5.75 Å². The van der Waals surface area contributed by atoms with Crippen molar-refractivity contribution >= 4 is 17.5 Å². The molecule has 7 heteroatoms. The number of ether oxygens (including phenoxy) is 2. The molecule has 2 amide bonds. The van der Waals surface area contributed by atoms with Gasteiger partial charge in [0.2, 0.25) is 5.91 Å².